The molecule has 0 aliphatic heterocycles. The Bertz CT molecular complexity index is 1730. The summed E-state index contributed by atoms with van der Waals surface area (Å²) in [4.78, 5) is 4.97. The summed E-state index contributed by atoms with van der Waals surface area (Å²) in [5, 5.41) is 0. The van der Waals surface area contributed by atoms with Crippen molar-refractivity contribution in [1.29, 1.82) is 0 Å². The quantitative estimate of drug-likeness (QED) is 0.205. The van der Waals surface area contributed by atoms with Gasteiger partial charge in [-0.05, 0) is 133 Å². The van der Waals surface area contributed by atoms with E-state index in [9.17, 15) is 0 Å². The molecule has 2 heteroatoms. The highest BCUT2D eigenvalue weighted by Crippen LogP contribution is 2.46. The summed E-state index contributed by atoms with van der Waals surface area (Å²) in [6.45, 7) is 11.8. The molecule has 1 fully saturated rings. The molecule has 6 rings (SSSR count). The Morgan fingerprint density at radius 2 is 1.15 bits per heavy atom. The predicted octanol–water partition coefficient (Wildman–Crippen LogP) is 13.0. The summed E-state index contributed by atoms with van der Waals surface area (Å²) in [6, 6.07) is 28.2. The molecular weight excluding hydrogens is 581 g/mol. The minimum Gasteiger partial charge on any atom is -0.341 e. The Kier molecular flexibility index (Phi) is 10.7. The first-order valence-corrected chi connectivity index (χ1v) is 18.2. The minimum absolute atomic E-state index is 0.0473. The molecule has 0 heterocycles. The summed E-state index contributed by atoms with van der Waals surface area (Å²) in [5.74, 6) is 0. The first-order chi connectivity index (χ1) is 23.4. The van der Waals surface area contributed by atoms with E-state index in [-0.39, 0.29) is 5.41 Å². The molecule has 0 amide bonds. The highest BCUT2D eigenvalue weighted by Gasteiger charge is 2.36. The SMILES string of the molecule is C/C=C(C)\C=C/CN(C1=CC=C(C)CC1)c1ccc(C2(c3ccc(N(C4=CC=C(C)CC4)c4ccc(C)cc4)cc3)CCCCC2)cc1. The zero-order valence-electron chi connectivity index (χ0n) is 29.9. The molecule has 0 N–H and O–H groups in total. The largest absolute Gasteiger partial charge is 0.341 e. The van der Waals surface area contributed by atoms with Crippen molar-refractivity contribution < 1.29 is 0 Å². The van der Waals surface area contributed by atoms with Crippen LogP contribution in [0, 0.1) is 6.92 Å². The molecule has 0 saturated heterocycles. The van der Waals surface area contributed by atoms with Crippen molar-refractivity contribution in [2.24, 2.45) is 0 Å². The van der Waals surface area contributed by atoms with Crippen LogP contribution >= 0.6 is 0 Å². The maximum atomic E-state index is 2.50. The van der Waals surface area contributed by atoms with Crippen molar-refractivity contribution in [1.82, 2.24) is 0 Å². The van der Waals surface area contributed by atoms with Gasteiger partial charge in [0.1, 0.15) is 0 Å². The van der Waals surface area contributed by atoms with E-state index >= 15 is 0 Å². The third-order valence-electron chi connectivity index (χ3n) is 10.8. The van der Waals surface area contributed by atoms with Crippen LogP contribution in [0.5, 0.6) is 0 Å². The van der Waals surface area contributed by atoms with Gasteiger partial charge in [0.15, 0.2) is 0 Å². The Labute approximate surface area is 290 Å². The maximum Gasteiger partial charge on any atom is 0.0458 e. The van der Waals surface area contributed by atoms with E-state index < -0.39 is 0 Å². The molecule has 3 aliphatic carbocycles. The lowest BCUT2D eigenvalue weighted by Crippen LogP contribution is -2.31. The molecule has 3 aromatic carbocycles. The van der Waals surface area contributed by atoms with E-state index in [4.69, 9.17) is 0 Å². The van der Waals surface area contributed by atoms with Gasteiger partial charge in [-0.15, -0.1) is 0 Å². The second-order valence-electron chi connectivity index (χ2n) is 14.3. The lowest BCUT2D eigenvalue weighted by atomic mass is 9.65. The fraction of sp³-hybridized carbons (Fsp3) is 0.348. The van der Waals surface area contributed by atoms with Gasteiger partial charge in [0, 0.05) is 40.4 Å². The van der Waals surface area contributed by atoms with Crippen LogP contribution in [0.15, 0.2) is 143 Å². The normalized spacial score (nSPS) is 18.1. The van der Waals surface area contributed by atoms with Crippen LogP contribution in [0.3, 0.4) is 0 Å². The molecule has 0 aromatic heterocycles. The minimum atomic E-state index is 0.0473. The lowest BCUT2D eigenvalue weighted by molar-refractivity contribution is 0.346. The first kappa shape index (κ1) is 33.6. The summed E-state index contributed by atoms with van der Waals surface area (Å²) >= 11 is 0. The van der Waals surface area contributed by atoms with Gasteiger partial charge >= 0.3 is 0 Å². The van der Waals surface area contributed by atoms with Crippen LogP contribution in [0.1, 0.15) is 102 Å². The fourth-order valence-electron chi connectivity index (χ4n) is 7.66. The number of nitrogens with zero attached hydrogens (tertiary/aromatic N) is 2. The number of benzene rings is 3. The summed E-state index contributed by atoms with van der Waals surface area (Å²) in [5.41, 5.74) is 15.0. The standard InChI is InChI=1S/C46H54N2/c1-6-35(2)11-10-34-47(41-22-12-36(3)13-23-41)42-28-18-39(19-29-42)46(32-8-7-9-33-46)40-20-30-45(31-21-40)48(43-24-14-37(4)15-25-43)44-26-16-38(5)17-27-44/h6,10-12,14-16,18-22,24-26,28-31H,7-9,13,17,23,27,32-34H2,1-5H3/b11-10-,35-6-. The summed E-state index contributed by atoms with van der Waals surface area (Å²) in [7, 11) is 0. The van der Waals surface area contributed by atoms with E-state index in [0.29, 0.717) is 0 Å². The topological polar surface area (TPSA) is 6.48 Å². The van der Waals surface area contributed by atoms with E-state index in [2.05, 4.69) is 160 Å². The molecule has 3 aromatic rings. The average Bonchev–Trinajstić information content (AvgIpc) is 3.13. The molecule has 0 spiro atoms. The van der Waals surface area contributed by atoms with Gasteiger partial charge in [-0.1, -0.05) is 108 Å². The van der Waals surface area contributed by atoms with Crippen LogP contribution < -0.4 is 9.80 Å². The van der Waals surface area contributed by atoms with Crippen molar-refractivity contribution in [3.63, 3.8) is 0 Å². The average molecular weight is 635 g/mol. The van der Waals surface area contributed by atoms with Gasteiger partial charge in [-0.2, -0.15) is 0 Å². The third kappa shape index (κ3) is 7.54. The second-order valence-corrected chi connectivity index (χ2v) is 14.3. The van der Waals surface area contributed by atoms with Crippen LogP contribution in [0.2, 0.25) is 0 Å². The van der Waals surface area contributed by atoms with Gasteiger partial charge in [-0.3, -0.25) is 0 Å². The highest BCUT2D eigenvalue weighted by atomic mass is 15.1. The number of aryl methyl sites for hydroxylation is 1. The Morgan fingerprint density at radius 3 is 1.67 bits per heavy atom. The molecule has 0 radical (unpaired) electrons. The Balaban J connectivity index is 1.32. The Hall–Kier alpha value is -4.30. The van der Waals surface area contributed by atoms with Crippen LogP contribution in [0.4, 0.5) is 17.1 Å². The van der Waals surface area contributed by atoms with Crippen molar-refractivity contribution >= 4 is 17.1 Å². The Morgan fingerprint density at radius 1 is 0.625 bits per heavy atom. The van der Waals surface area contributed by atoms with Gasteiger partial charge < -0.3 is 9.80 Å². The van der Waals surface area contributed by atoms with Crippen molar-refractivity contribution in [3.8, 4) is 0 Å². The van der Waals surface area contributed by atoms with E-state index in [0.717, 1.165) is 32.2 Å². The smallest absolute Gasteiger partial charge is 0.0458 e. The molecule has 0 atom stereocenters. The van der Waals surface area contributed by atoms with Crippen molar-refractivity contribution in [2.45, 2.75) is 97.8 Å². The van der Waals surface area contributed by atoms with Crippen LogP contribution in [-0.4, -0.2) is 6.54 Å². The first-order valence-electron chi connectivity index (χ1n) is 18.2. The molecular formula is C46H54N2. The van der Waals surface area contributed by atoms with E-state index in [1.807, 2.05) is 0 Å². The molecule has 2 nitrogen and oxygen atoms in total. The molecule has 48 heavy (non-hydrogen) atoms. The lowest BCUT2D eigenvalue weighted by Gasteiger charge is -2.39. The van der Waals surface area contributed by atoms with E-state index in [1.165, 1.54) is 94.0 Å². The maximum absolute atomic E-state index is 2.50. The summed E-state index contributed by atoms with van der Waals surface area (Å²) < 4.78 is 0. The van der Waals surface area contributed by atoms with Crippen LogP contribution in [0.25, 0.3) is 0 Å². The van der Waals surface area contributed by atoms with Crippen LogP contribution in [-0.2, 0) is 5.41 Å². The van der Waals surface area contributed by atoms with Crippen molar-refractivity contribution in [3.05, 3.63) is 160 Å². The third-order valence-corrected chi connectivity index (χ3v) is 10.8. The number of anilines is 3. The second kappa shape index (κ2) is 15.3. The highest BCUT2D eigenvalue weighted by molar-refractivity contribution is 5.70. The van der Waals surface area contributed by atoms with Gasteiger partial charge in [0.25, 0.3) is 0 Å². The number of hydrogen-bond acceptors (Lipinski definition) is 2. The van der Waals surface area contributed by atoms with Gasteiger partial charge in [0.2, 0.25) is 0 Å². The molecule has 1 saturated carbocycles. The molecule has 0 unspecified atom stereocenters. The fourth-order valence-corrected chi connectivity index (χ4v) is 7.66. The van der Waals surface area contributed by atoms with Gasteiger partial charge in [-0.25, -0.2) is 0 Å². The molecule has 0 bridgehead atoms. The molecule has 248 valence electrons. The number of rotatable bonds is 10. The number of hydrogen-bond donors (Lipinski definition) is 0. The molecule has 3 aliphatic rings. The summed E-state index contributed by atoms with van der Waals surface area (Å²) in [6.07, 6.45) is 26.6. The number of allylic oxidation sites excluding steroid dienone is 11. The van der Waals surface area contributed by atoms with E-state index in [1.54, 1.807) is 0 Å². The predicted molar refractivity (Wildman–Crippen MR) is 208 cm³/mol. The zero-order chi connectivity index (χ0) is 33.5. The monoisotopic (exact) mass is 634 g/mol. The van der Waals surface area contributed by atoms with Gasteiger partial charge in [0.05, 0.1) is 0 Å². The van der Waals surface area contributed by atoms with Crippen molar-refractivity contribution in [2.75, 3.05) is 16.3 Å². The zero-order valence-corrected chi connectivity index (χ0v) is 29.9.